The molecule has 0 bridgehead atoms. The number of aliphatic hydroxyl groups excluding tert-OH is 1. The van der Waals surface area contributed by atoms with E-state index >= 15 is 0 Å². The van der Waals surface area contributed by atoms with Crippen molar-refractivity contribution in [3.63, 3.8) is 0 Å². The van der Waals surface area contributed by atoms with Gasteiger partial charge in [-0.15, -0.1) is 0 Å². The van der Waals surface area contributed by atoms with E-state index < -0.39 is 52.4 Å². The minimum Gasteiger partial charge on any atom is -0.374 e. The van der Waals surface area contributed by atoms with Crippen LogP contribution in [0.3, 0.4) is 0 Å². The van der Waals surface area contributed by atoms with Crippen LogP contribution in [0.1, 0.15) is 39.6 Å². The summed E-state index contributed by atoms with van der Waals surface area (Å²) in [6, 6.07) is 20.7. The number of rotatable bonds is 8. The molecule has 2 atom stereocenters. The van der Waals surface area contributed by atoms with E-state index in [1.165, 1.54) is 11.3 Å². The normalized spacial score (nSPS) is 14.3. The summed E-state index contributed by atoms with van der Waals surface area (Å²) in [4.78, 5) is 0. The topological polar surface area (TPSA) is 32.3 Å². The van der Waals surface area contributed by atoms with Crippen molar-refractivity contribution in [2.24, 2.45) is 0 Å². The number of hydrogen-bond donors (Lipinski definition) is 2. The highest BCUT2D eigenvalue weighted by atomic mass is 32.1. The van der Waals surface area contributed by atoms with Gasteiger partial charge in [-0.05, 0) is 87.0 Å². The first-order chi connectivity index (χ1) is 20.8. The van der Waals surface area contributed by atoms with Gasteiger partial charge in [-0.3, -0.25) is 5.32 Å². The van der Waals surface area contributed by atoms with E-state index in [1.54, 1.807) is 54.6 Å². The summed E-state index contributed by atoms with van der Waals surface area (Å²) in [5.41, 5.74) is -2.91. The predicted octanol–water partition coefficient (Wildman–Crippen LogP) is 9.50. The van der Waals surface area contributed by atoms with Gasteiger partial charge in [-0.2, -0.15) is 37.7 Å². The van der Waals surface area contributed by atoms with Gasteiger partial charge < -0.3 is 5.11 Å². The van der Waals surface area contributed by atoms with Gasteiger partial charge >= 0.3 is 12.4 Å². The predicted molar refractivity (Wildman–Crippen MR) is 152 cm³/mol. The Hall–Kier alpha value is -4.06. The van der Waals surface area contributed by atoms with Crippen LogP contribution in [0.4, 0.5) is 35.1 Å². The molecule has 44 heavy (non-hydrogen) atoms. The Kier molecular flexibility index (Phi) is 8.66. The van der Waals surface area contributed by atoms with Crippen LogP contribution in [0.5, 0.6) is 0 Å². The van der Waals surface area contributed by atoms with E-state index in [0.29, 0.717) is 23.8 Å². The summed E-state index contributed by atoms with van der Waals surface area (Å²) in [7, 11) is 0. The van der Waals surface area contributed by atoms with Crippen LogP contribution < -0.4 is 5.32 Å². The maximum absolute atomic E-state index is 14.9. The molecule has 5 aromatic rings. The summed E-state index contributed by atoms with van der Waals surface area (Å²) < 4.78 is 111. The van der Waals surface area contributed by atoms with E-state index in [-0.39, 0.29) is 17.5 Å². The molecule has 0 amide bonds. The number of alkyl halides is 6. The van der Waals surface area contributed by atoms with Crippen LogP contribution in [0.15, 0.2) is 108 Å². The molecule has 2 nitrogen and oxygen atoms in total. The van der Waals surface area contributed by atoms with Crippen molar-refractivity contribution in [1.82, 2.24) is 5.32 Å². The van der Waals surface area contributed by atoms with E-state index in [0.717, 1.165) is 29.3 Å². The van der Waals surface area contributed by atoms with Crippen molar-refractivity contribution in [2.45, 2.75) is 30.5 Å². The van der Waals surface area contributed by atoms with Gasteiger partial charge in [0, 0.05) is 0 Å². The summed E-state index contributed by atoms with van der Waals surface area (Å²) in [5.74, 6) is -2.77. The Labute approximate surface area is 251 Å². The van der Waals surface area contributed by atoms with Gasteiger partial charge in [0.2, 0.25) is 0 Å². The Morgan fingerprint density at radius 2 is 1.36 bits per heavy atom. The molecule has 0 radical (unpaired) electrons. The zero-order chi connectivity index (χ0) is 31.7. The standard InChI is InChI=1S/C33H23F8NOS/c34-27-16-25(15-26(17-27)32(36,37)38)31(18-20-4-2-1-3-5-20,24-9-6-21(7-10-24)23-12-13-44-19-23)42-30(43)22-8-11-29(35)28(14-22)33(39,40)41/h1-17,19,30,42-43H,18H2. The Bertz CT molecular complexity index is 1720. The fraction of sp³-hybridized carbons (Fsp3) is 0.152. The highest BCUT2D eigenvalue weighted by Crippen LogP contribution is 2.41. The third-order valence-electron chi connectivity index (χ3n) is 7.26. The molecule has 2 N–H and O–H groups in total. The van der Waals surface area contributed by atoms with Gasteiger partial charge in [0.05, 0.1) is 16.7 Å². The third kappa shape index (κ3) is 6.69. The van der Waals surface area contributed by atoms with E-state index in [1.807, 2.05) is 16.8 Å². The van der Waals surface area contributed by atoms with Crippen molar-refractivity contribution >= 4 is 11.3 Å². The van der Waals surface area contributed by atoms with Gasteiger partial charge in [-0.1, -0.05) is 60.7 Å². The largest absolute Gasteiger partial charge is 0.419 e. The van der Waals surface area contributed by atoms with E-state index in [9.17, 15) is 40.2 Å². The highest BCUT2D eigenvalue weighted by Gasteiger charge is 2.41. The molecular formula is C33H23F8NOS. The lowest BCUT2D eigenvalue weighted by Crippen LogP contribution is -2.47. The molecule has 1 heterocycles. The third-order valence-corrected chi connectivity index (χ3v) is 7.94. The summed E-state index contributed by atoms with van der Waals surface area (Å²) >= 11 is 1.46. The minimum atomic E-state index is -5.08. The average molecular weight is 634 g/mol. The lowest BCUT2D eigenvalue weighted by Gasteiger charge is -2.39. The van der Waals surface area contributed by atoms with Gasteiger partial charge in [0.1, 0.15) is 17.9 Å². The summed E-state index contributed by atoms with van der Waals surface area (Å²) in [6.45, 7) is 0. The zero-order valence-electron chi connectivity index (χ0n) is 22.6. The lowest BCUT2D eigenvalue weighted by atomic mass is 9.76. The molecule has 0 aliphatic heterocycles. The average Bonchev–Trinajstić information content (AvgIpc) is 3.51. The van der Waals surface area contributed by atoms with Gasteiger partial charge in [0.25, 0.3) is 0 Å². The molecule has 0 aliphatic rings. The lowest BCUT2D eigenvalue weighted by molar-refractivity contribution is -0.140. The van der Waals surface area contributed by atoms with Crippen molar-refractivity contribution in [3.8, 4) is 11.1 Å². The first-order valence-corrected chi connectivity index (χ1v) is 14.1. The Morgan fingerprint density at radius 3 is 1.98 bits per heavy atom. The number of hydrogen-bond acceptors (Lipinski definition) is 3. The zero-order valence-corrected chi connectivity index (χ0v) is 23.4. The fourth-order valence-corrected chi connectivity index (χ4v) is 5.78. The van der Waals surface area contributed by atoms with Crippen LogP contribution in [-0.2, 0) is 24.3 Å². The molecule has 0 aliphatic carbocycles. The minimum absolute atomic E-state index is 0.156. The van der Waals surface area contributed by atoms with Crippen LogP contribution in [0.25, 0.3) is 11.1 Å². The molecule has 2 unspecified atom stereocenters. The molecule has 0 saturated heterocycles. The van der Waals surface area contributed by atoms with Crippen LogP contribution in [0.2, 0.25) is 0 Å². The maximum Gasteiger partial charge on any atom is 0.419 e. The highest BCUT2D eigenvalue weighted by molar-refractivity contribution is 7.08. The van der Waals surface area contributed by atoms with Crippen LogP contribution in [-0.4, -0.2) is 5.11 Å². The second kappa shape index (κ2) is 12.1. The van der Waals surface area contributed by atoms with Crippen LogP contribution in [0, 0.1) is 11.6 Å². The number of benzene rings is 4. The first kappa shape index (κ1) is 31.4. The molecule has 228 valence electrons. The van der Waals surface area contributed by atoms with Gasteiger partial charge in [-0.25, -0.2) is 8.78 Å². The van der Waals surface area contributed by atoms with Crippen LogP contribution >= 0.6 is 11.3 Å². The number of aliphatic hydroxyl groups is 1. The van der Waals surface area contributed by atoms with E-state index in [2.05, 4.69) is 5.32 Å². The Morgan fingerprint density at radius 1 is 0.682 bits per heavy atom. The van der Waals surface area contributed by atoms with Crippen molar-refractivity contribution in [3.05, 3.63) is 153 Å². The molecule has 5 rings (SSSR count). The second-order valence-corrected chi connectivity index (χ2v) is 10.9. The Balaban J connectivity index is 1.73. The monoisotopic (exact) mass is 633 g/mol. The van der Waals surface area contributed by atoms with E-state index in [4.69, 9.17) is 0 Å². The van der Waals surface area contributed by atoms with Gasteiger partial charge in [0.15, 0.2) is 0 Å². The quantitative estimate of drug-likeness (QED) is 0.132. The molecule has 11 heteroatoms. The molecule has 0 spiro atoms. The smallest absolute Gasteiger partial charge is 0.374 e. The first-order valence-electron chi connectivity index (χ1n) is 13.1. The number of thiophene rings is 1. The second-order valence-electron chi connectivity index (χ2n) is 10.2. The number of nitrogens with one attached hydrogen (secondary N) is 1. The van der Waals surface area contributed by atoms with Crippen molar-refractivity contribution < 1.29 is 40.2 Å². The van der Waals surface area contributed by atoms with Crippen molar-refractivity contribution in [1.29, 1.82) is 0 Å². The molecule has 4 aromatic carbocycles. The summed E-state index contributed by atoms with van der Waals surface area (Å²) in [5, 5.41) is 17.9. The molecular weight excluding hydrogens is 610 g/mol. The summed E-state index contributed by atoms with van der Waals surface area (Å²) in [6.07, 6.45) is -12.1. The van der Waals surface area contributed by atoms with Crippen molar-refractivity contribution in [2.75, 3.05) is 0 Å². The molecule has 1 aromatic heterocycles. The SMILES string of the molecule is OC(NC(Cc1ccccc1)(c1ccc(-c2ccsc2)cc1)c1cc(F)cc(C(F)(F)F)c1)c1ccc(F)c(C(F)(F)F)c1. The molecule has 0 fully saturated rings. The maximum atomic E-state index is 14.9. The number of halogens is 8. The fourth-order valence-electron chi connectivity index (χ4n) is 5.11. The molecule has 0 saturated carbocycles.